The van der Waals surface area contributed by atoms with Crippen LogP contribution in [-0.4, -0.2) is 26.5 Å². The number of fused-ring (bicyclic) bond motifs is 1. The lowest BCUT2D eigenvalue weighted by Gasteiger charge is -2.19. The van der Waals surface area contributed by atoms with Crippen molar-refractivity contribution in [2.24, 2.45) is 0 Å². The minimum absolute atomic E-state index is 0.161. The van der Waals surface area contributed by atoms with Crippen molar-refractivity contribution in [1.82, 2.24) is 15.0 Å². The highest BCUT2D eigenvalue weighted by Crippen LogP contribution is 2.28. The van der Waals surface area contributed by atoms with Crippen LogP contribution in [0.4, 0.5) is 4.39 Å². The maximum absolute atomic E-state index is 14.4. The third-order valence-corrected chi connectivity index (χ3v) is 3.57. The molecule has 0 fully saturated rings. The van der Waals surface area contributed by atoms with Crippen LogP contribution in [0, 0.1) is 5.82 Å². The van der Waals surface area contributed by atoms with Gasteiger partial charge in [-0.1, -0.05) is 17.7 Å². The van der Waals surface area contributed by atoms with Crippen molar-refractivity contribution in [2.75, 3.05) is 0 Å². The van der Waals surface area contributed by atoms with Gasteiger partial charge >= 0.3 is 5.97 Å². The van der Waals surface area contributed by atoms with Gasteiger partial charge in [0.25, 0.3) is 0 Å². The maximum Gasteiger partial charge on any atom is 0.310 e. The molecule has 0 amide bonds. The minimum Gasteiger partial charge on any atom is -0.460 e. The lowest BCUT2D eigenvalue weighted by Crippen LogP contribution is -2.25. The average Bonchev–Trinajstić information content (AvgIpc) is 2.55. The molecular weight excluding hydrogens is 373 g/mol. The molecule has 0 aliphatic heterocycles. The molecule has 0 aliphatic carbocycles. The number of benzene rings is 1. The fourth-order valence-electron chi connectivity index (χ4n) is 2.35. The van der Waals surface area contributed by atoms with E-state index in [-0.39, 0.29) is 22.9 Å². The van der Waals surface area contributed by atoms with Crippen LogP contribution in [-0.2, 0) is 16.0 Å². The molecule has 0 saturated carbocycles. The second kappa shape index (κ2) is 7.44. The summed E-state index contributed by atoms with van der Waals surface area (Å²) >= 11 is 5.81. The predicted molar refractivity (Wildman–Crippen MR) is 98.4 cm³/mol. The Morgan fingerprint density at radius 3 is 2.70 bits per heavy atom. The number of aromatic nitrogens is 3. The third-order valence-electron chi connectivity index (χ3n) is 3.39. The Bertz CT molecular complexity index is 1010. The number of esters is 1. The van der Waals surface area contributed by atoms with Gasteiger partial charge in [-0.15, -0.1) is 0 Å². The molecule has 0 bridgehead atoms. The first-order valence-corrected chi connectivity index (χ1v) is 8.54. The zero-order valence-corrected chi connectivity index (χ0v) is 15.7. The van der Waals surface area contributed by atoms with Crippen molar-refractivity contribution in [3.05, 3.63) is 53.2 Å². The van der Waals surface area contributed by atoms with Crippen LogP contribution >= 0.6 is 11.6 Å². The van der Waals surface area contributed by atoms with Crippen LogP contribution in [0.1, 0.15) is 26.3 Å². The molecule has 0 saturated heterocycles. The fraction of sp³-hybridized carbons (Fsp3) is 0.263. The highest BCUT2D eigenvalue weighted by Gasteiger charge is 2.18. The normalized spacial score (nSPS) is 11.4. The molecule has 140 valence electrons. The van der Waals surface area contributed by atoms with Crippen molar-refractivity contribution < 1.29 is 18.7 Å². The molecule has 27 heavy (non-hydrogen) atoms. The molecule has 6 nitrogen and oxygen atoms in total. The first-order valence-electron chi connectivity index (χ1n) is 8.17. The van der Waals surface area contributed by atoms with Crippen LogP contribution in [0.2, 0.25) is 5.15 Å². The molecule has 0 N–H and O–H groups in total. The molecule has 1 aromatic carbocycles. The minimum atomic E-state index is -0.622. The number of rotatable bonds is 4. The van der Waals surface area contributed by atoms with Gasteiger partial charge in [-0.05, 0) is 32.4 Å². The van der Waals surface area contributed by atoms with Crippen molar-refractivity contribution in [2.45, 2.75) is 32.8 Å². The summed E-state index contributed by atoms with van der Waals surface area (Å²) in [6.45, 7) is 5.27. The van der Waals surface area contributed by atoms with E-state index >= 15 is 0 Å². The lowest BCUT2D eigenvalue weighted by molar-refractivity contribution is -0.153. The summed E-state index contributed by atoms with van der Waals surface area (Å²) in [5.41, 5.74) is 0.327. The van der Waals surface area contributed by atoms with Gasteiger partial charge in [0.05, 0.1) is 12.6 Å². The van der Waals surface area contributed by atoms with Crippen LogP contribution in [0.3, 0.4) is 0 Å². The van der Waals surface area contributed by atoms with Gasteiger partial charge in [0.1, 0.15) is 22.3 Å². The molecule has 2 aromatic heterocycles. The second-order valence-corrected chi connectivity index (χ2v) is 7.18. The highest BCUT2D eigenvalue weighted by molar-refractivity contribution is 6.29. The first kappa shape index (κ1) is 19.0. The summed E-state index contributed by atoms with van der Waals surface area (Å²) in [4.78, 5) is 24.2. The van der Waals surface area contributed by atoms with Gasteiger partial charge in [-0.2, -0.15) is 0 Å². The number of carbonyl (C=O) groups is 1. The average molecular weight is 390 g/mol. The Morgan fingerprint density at radius 2 is 2.00 bits per heavy atom. The lowest BCUT2D eigenvalue weighted by atomic mass is 10.1. The molecule has 8 heteroatoms. The summed E-state index contributed by atoms with van der Waals surface area (Å²) in [6, 6.07) is 5.85. The number of halogens is 2. The molecule has 3 rings (SSSR count). The molecular formula is C19H17ClFN3O3. The van der Waals surface area contributed by atoms with E-state index in [0.29, 0.717) is 16.9 Å². The number of carbonyl (C=O) groups excluding carboxylic acids is 1. The van der Waals surface area contributed by atoms with Gasteiger partial charge in [-0.3, -0.25) is 4.79 Å². The Kier molecular flexibility index (Phi) is 5.23. The van der Waals surface area contributed by atoms with E-state index in [1.807, 2.05) is 0 Å². The third kappa shape index (κ3) is 4.89. The van der Waals surface area contributed by atoms with E-state index in [1.165, 1.54) is 24.5 Å². The summed E-state index contributed by atoms with van der Waals surface area (Å²) in [5, 5.41) is 0.213. The smallest absolute Gasteiger partial charge is 0.310 e. The summed E-state index contributed by atoms with van der Waals surface area (Å²) in [6.07, 6.45) is 2.71. The van der Waals surface area contributed by atoms with Crippen molar-refractivity contribution >= 4 is 28.7 Å². The number of ether oxygens (including phenoxy) is 2. The van der Waals surface area contributed by atoms with E-state index < -0.39 is 17.4 Å². The predicted octanol–water partition coefficient (Wildman–Crippen LogP) is 4.49. The Hall–Kier alpha value is -2.80. The van der Waals surface area contributed by atoms with Gasteiger partial charge in [-0.25, -0.2) is 19.3 Å². The van der Waals surface area contributed by atoms with Crippen LogP contribution in [0.25, 0.3) is 11.2 Å². The molecule has 3 aromatic rings. The standard InChI is InChI=1S/C19H17ClFN3O3/c1-19(2,3)27-16(25)8-11-4-5-12(9-13(11)21)26-14-6-7-22-18-17(14)23-10-15(20)24-18/h4-7,9-10H,8H2,1-3H3. The van der Waals surface area contributed by atoms with E-state index in [4.69, 9.17) is 21.1 Å². The summed E-state index contributed by atoms with van der Waals surface area (Å²) in [7, 11) is 0. The van der Waals surface area contributed by atoms with Crippen LogP contribution < -0.4 is 4.74 Å². The van der Waals surface area contributed by atoms with Crippen LogP contribution in [0.5, 0.6) is 11.5 Å². The summed E-state index contributed by atoms with van der Waals surface area (Å²) in [5.74, 6) is -0.443. The number of hydrogen-bond acceptors (Lipinski definition) is 6. The van der Waals surface area contributed by atoms with Gasteiger partial charge in [0, 0.05) is 18.3 Å². The Balaban J connectivity index is 1.80. The fourth-order valence-corrected chi connectivity index (χ4v) is 2.48. The first-order chi connectivity index (χ1) is 12.7. The maximum atomic E-state index is 14.4. The van der Waals surface area contributed by atoms with Crippen molar-refractivity contribution in [3.63, 3.8) is 0 Å². The molecule has 0 spiro atoms. The number of nitrogens with zero attached hydrogens (tertiary/aromatic N) is 3. The van der Waals surface area contributed by atoms with E-state index in [0.717, 1.165) is 0 Å². The zero-order valence-electron chi connectivity index (χ0n) is 15.0. The van der Waals surface area contributed by atoms with Crippen LogP contribution in [0.15, 0.2) is 36.7 Å². The topological polar surface area (TPSA) is 74.2 Å². The molecule has 0 aliphatic rings. The van der Waals surface area contributed by atoms with Gasteiger partial charge in [0.15, 0.2) is 16.9 Å². The summed E-state index contributed by atoms with van der Waals surface area (Å²) < 4.78 is 25.3. The highest BCUT2D eigenvalue weighted by atomic mass is 35.5. The quantitative estimate of drug-likeness (QED) is 0.612. The molecule has 2 heterocycles. The number of pyridine rings is 1. The second-order valence-electron chi connectivity index (χ2n) is 6.79. The van der Waals surface area contributed by atoms with Gasteiger partial charge in [0.2, 0.25) is 0 Å². The Morgan fingerprint density at radius 1 is 1.22 bits per heavy atom. The molecule has 0 unspecified atom stereocenters. The SMILES string of the molecule is CC(C)(C)OC(=O)Cc1ccc(Oc2ccnc3nc(Cl)cnc23)cc1F. The zero-order chi connectivity index (χ0) is 19.6. The van der Waals surface area contributed by atoms with Gasteiger partial charge < -0.3 is 9.47 Å². The largest absolute Gasteiger partial charge is 0.460 e. The van der Waals surface area contributed by atoms with Crippen molar-refractivity contribution in [3.8, 4) is 11.5 Å². The van der Waals surface area contributed by atoms with E-state index in [1.54, 1.807) is 32.9 Å². The monoisotopic (exact) mass is 389 g/mol. The number of hydrogen-bond donors (Lipinski definition) is 0. The van der Waals surface area contributed by atoms with Crippen molar-refractivity contribution in [1.29, 1.82) is 0 Å². The van der Waals surface area contributed by atoms with E-state index in [2.05, 4.69) is 15.0 Å². The van der Waals surface area contributed by atoms with E-state index in [9.17, 15) is 9.18 Å². The molecule has 0 radical (unpaired) electrons. The molecule has 0 atom stereocenters. The Labute approximate surface area is 160 Å².